The summed E-state index contributed by atoms with van der Waals surface area (Å²) in [7, 11) is 1.90. The van der Waals surface area contributed by atoms with Gasteiger partial charge in [-0.3, -0.25) is 0 Å². The van der Waals surface area contributed by atoms with Crippen molar-refractivity contribution in [1.82, 2.24) is 14.9 Å². The zero-order valence-electron chi connectivity index (χ0n) is 8.59. The van der Waals surface area contributed by atoms with Crippen molar-refractivity contribution in [1.29, 1.82) is 0 Å². The first-order valence-electron chi connectivity index (χ1n) is 4.70. The lowest BCUT2D eigenvalue weighted by molar-refractivity contribution is 0.149. The smallest absolute Gasteiger partial charge is 0.128 e. The molecule has 0 amide bonds. The van der Waals surface area contributed by atoms with Crippen LogP contribution in [0.25, 0.3) is 0 Å². The third-order valence-electron chi connectivity index (χ3n) is 1.94. The number of nitrogens with one attached hydrogen (secondary N) is 1. The van der Waals surface area contributed by atoms with Crippen LogP contribution in [0.5, 0.6) is 0 Å². The monoisotopic (exact) mass is 217 g/mol. The minimum absolute atomic E-state index is 0.659. The van der Waals surface area contributed by atoms with Crippen LogP contribution in [-0.4, -0.2) is 29.3 Å². The number of hydrogen-bond donors (Lipinski definition) is 1. The van der Waals surface area contributed by atoms with E-state index in [4.69, 9.17) is 16.3 Å². The zero-order valence-corrected chi connectivity index (χ0v) is 9.34. The molecule has 1 aromatic rings. The summed E-state index contributed by atoms with van der Waals surface area (Å²) in [5.74, 6) is 0.937. The molecule has 0 unspecified atom stereocenters. The van der Waals surface area contributed by atoms with Crippen molar-refractivity contribution in [3.8, 4) is 0 Å². The summed E-state index contributed by atoms with van der Waals surface area (Å²) in [6, 6.07) is 0. The summed E-state index contributed by atoms with van der Waals surface area (Å²) in [5, 5.41) is 3.88. The van der Waals surface area contributed by atoms with Crippen molar-refractivity contribution >= 4 is 11.6 Å². The number of rotatable bonds is 6. The highest BCUT2D eigenvalue weighted by Gasteiger charge is 2.02. The lowest BCUT2D eigenvalue weighted by atomic mass is 10.5. The fourth-order valence-electron chi connectivity index (χ4n) is 1.08. The fraction of sp³-hybridized carbons (Fsp3) is 0.667. The van der Waals surface area contributed by atoms with Crippen molar-refractivity contribution in [3.05, 3.63) is 17.2 Å². The zero-order chi connectivity index (χ0) is 10.4. The second-order valence-corrected chi connectivity index (χ2v) is 3.32. The van der Waals surface area contributed by atoms with Gasteiger partial charge in [0.2, 0.25) is 0 Å². The van der Waals surface area contributed by atoms with Gasteiger partial charge in [0, 0.05) is 20.2 Å². The van der Waals surface area contributed by atoms with E-state index in [2.05, 4.69) is 10.3 Å². The Morgan fingerprint density at radius 2 is 2.43 bits per heavy atom. The molecule has 0 aliphatic rings. The van der Waals surface area contributed by atoms with Gasteiger partial charge < -0.3 is 14.6 Å². The topological polar surface area (TPSA) is 39.1 Å². The fourth-order valence-corrected chi connectivity index (χ4v) is 1.22. The van der Waals surface area contributed by atoms with Crippen LogP contribution in [0.15, 0.2) is 6.20 Å². The number of aromatic nitrogens is 2. The molecule has 80 valence electrons. The maximum absolute atomic E-state index is 5.84. The molecule has 4 nitrogen and oxygen atoms in total. The predicted molar refractivity (Wildman–Crippen MR) is 56.4 cm³/mol. The molecule has 0 saturated heterocycles. The second-order valence-electron chi connectivity index (χ2n) is 2.93. The minimum atomic E-state index is 0.659. The molecule has 14 heavy (non-hydrogen) atoms. The summed E-state index contributed by atoms with van der Waals surface area (Å²) in [6.45, 7) is 5.03. The van der Waals surface area contributed by atoms with Crippen LogP contribution in [0.2, 0.25) is 5.15 Å². The molecule has 0 radical (unpaired) electrons. The number of hydrogen-bond acceptors (Lipinski definition) is 3. The van der Waals surface area contributed by atoms with Crippen LogP contribution in [-0.2, 0) is 18.3 Å². The van der Waals surface area contributed by atoms with Gasteiger partial charge in [-0.25, -0.2) is 4.98 Å². The van der Waals surface area contributed by atoms with Crippen LogP contribution in [0, 0.1) is 0 Å². The van der Waals surface area contributed by atoms with Gasteiger partial charge in [-0.1, -0.05) is 11.6 Å². The van der Waals surface area contributed by atoms with Crippen LogP contribution in [0.4, 0.5) is 0 Å². The number of nitrogens with zero attached hydrogens (tertiary/aromatic N) is 2. The average Bonchev–Trinajstić information content (AvgIpc) is 2.49. The molecule has 0 bridgehead atoms. The van der Waals surface area contributed by atoms with Gasteiger partial charge in [-0.2, -0.15) is 0 Å². The van der Waals surface area contributed by atoms with Crippen molar-refractivity contribution < 1.29 is 4.74 Å². The molecular weight excluding hydrogens is 202 g/mol. The predicted octanol–water partition coefficient (Wildman–Crippen LogP) is 1.20. The Morgan fingerprint density at radius 3 is 3.00 bits per heavy atom. The summed E-state index contributed by atoms with van der Waals surface area (Å²) in [6.07, 6.45) is 1.65. The second kappa shape index (κ2) is 6.01. The van der Waals surface area contributed by atoms with E-state index in [1.165, 1.54) is 0 Å². The van der Waals surface area contributed by atoms with E-state index in [-0.39, 0.29) is 0 Å². The van der Waals surface area contributed by atoms with Crippen molar-refractivity contribution in [2.45, 2.75) is 13.5 Å². The summed E-state index contributed by atoms with van der Waals surface area (Å²) in [5.41, 5.74) is 0. The Bertz CT molecular complexity index is 275. The van der Waals surface area contributed by atoms with E-state index in [0.29, 0.717) is 5.15 Å². The Balaban J connectivity index is 2.21. The van der Waals surface area contributed by atoms with Crippen LogP contribution < -0.4 is 5.32 Å². The van der Waals surface area contributed by atoms with Gasteiger partial charge in [0.1, 0.15) is 11.0 Å². The van der Waals surface area contributed by atoms with Crippen LogP contribution in [0.1, 0.15) is 12.7 Å². The van der Waals surface area contributed by atoms with E-state index >= 15 is 0 Å². The first-order chi connectivity index (χ1) is 6.75. The lowest BCUT2D eigenvalue weighted by Crippen LogP contribution is -2.21. The number of halogens is 1. The molecule has 0 saturated carbocycles. The normalized spacial score (nSPS) is 10.8. The molecule has 0 spiro atoms. The molecule has 1 aromatic heterocycles. The highest BCUT2D eigenvalue weighted by molar-refractivity contribution is 6.29. The summed E-state index contributed by atoms with van der Waals surface area (Å²) >= 11 is 5.84. The third-order valence-corrected chi connectivity index (χ3v) is 2.29. The standard InChI is InChI=1S/C9H16ClN3O/c1-3-14-5-4-11-7-9-12-6-8(10)13(9)2/h6,11H,3-5,7H2,1-2H3. The van der Waals surface area contributed by atoms with Gasteiger partial charge in [-0.15, -0.1) is 0 Å². The summed E-state index contributed by atoms with van der Waals surface area (Å²) in [4.78, 5) is 4.16. The molecule has 0 fully saturated rings. The largest absolute Gasteiger partial charge is 0.380 e. The molecule has 0 aliphatic carbocycles. The van der Waals surface area contributed by atoms with Gasteiger partial charge in [0.25, 0.3) is 0 Å². The Morgan fingerprint density at radius 1 is 1.64 bits per heavy atom. The van der Waals surface area contributed by atoms with E-state index in [1.807, 2.05) is 18.5 Å². The molecule has 5 heteroatoms. The van der Waals surface area contributed by atoms with Crippen LogP contribution >= 0.6 is 11.6 Å². The summed E-state index contributed by atoms with van der Waals surface area (Å²) < 4.78 is 7.05. The van der Waals surface area contributed by atoms with Gasteiger partial charge >= 0.3 is 0 Å². The Labute approximate surface area is 89.2 Å². The molecule has 0 aromatic carbocycles. The highest BCUT2D eigenvalue weighted by Crippen LogP contribution is 2.08. The third kappa shape index (κ3) is 3.29. The maximum atomic E-state index is 5.84. The molecule has 1 heterocycles. The molecule has 1 rings (SSSR count). The molecular formula is C9H16ClN3O. The Kier molecular flexibility index (Phi) is 4.93. The van der Waals surface area contributed by atoms with Crippen molar-refractivity contribution in [2.24, 2.45) is 7.05 Å². The van der Waals surface area contributed by atoms with E-state index in [0.717, 1.165) is 32.1 Å². The molecule has 0 atom stereocenters. The Hall–Kier alpha value is -0.580. The molecule has 1 N–H and O–H groups in total. The maximum Gasteiger partial charge on any atom is 0.128 e. The van der Waals surface area contributed by atoms with Crippen molar-refractivity contribution in [3.63, 3.8) is 0 Å². The molecule has 0 aliphatic heterocycles. The number of ether oxygens (including phenoxy) is 1. The van der Waals surface area contributed by atoms with Gasteiger partial charge in [-0.05, 0) is 6.92 Å². The average molecular weight is 218 g/mol. The first kappa shape index (κ1) is 11.5. The van der Waals surface area contributed by atoms with Gasteiger partial charge in [0.15, 0.2) is 0 Å². The lowest BCUT2D eigenvalue weighted by Gasteiger charge is -2.05. The number of imidazole rings is 1. The van der Waals surface area contributed by atoms with E-state index in [1.54, 1.807) is 6.20 Å². The quantitative estimate of drug-likeness (QED) is 0.728. The highest BCUT2D eigenvalue weighted by atomic mass is 35.5. The van der Waals surface area contributed by atoms with Crippen LogP contribution in [0.3, 0.4) is 0 Å². The first-order valence-corrected chi connectivity index (χ1v) is 5.08. The van der Waals surface area contributed by atoms with Crippen molar-refractivity contribution in [2.75, 3.05) is 19.8 Å². The van der Waals surface area contributed by atoms with E-state index < -0.39 is 0 Å². The SMILES string of the molecule is CCOCCNCc1ncc(Cl)n1C. The minimum Gasteiger partial charge on any atom is -0.380 e. The van der Waals surface area contributed by atoms with E-state index in [9.17, 15) is 0 Å². The van der Waals surface area contributed by atoms with Gasteiger partial charge in [0.05, 0.1) is 19.3 Å².